The fraction of sp³-hybridized carbons (Fsp3) is 0.286. The van der Waals surface area contributed by atoms with Crippen LogP contribution in [-0.4, -0.2) is 27.6 Å². The number of hydrogen-bond acceptors (Lipinski definition) is 4. The van der Waals surface area contributed by atoms with Gasteiger partial charge in [-0.05, 0) is 12.1 Å². The van der Waals surface area contributed by atoms with Crippen molar-refractivity contribution in [3.8, 4) is 0 Å². The SMILES string of the molecule is Clc1cccc2sc(N3CC(Cn4ccnc4)C3)nc12. The Kier molecular flexibility index (Phi) is 2.89. The third kappa shape index (κ3) is 2.07. The smallest absolute Gasteiger partial charge is 0.186 e. The van der Waals surface area contributed by atoms with E-state index < -0.39 is 0 Å². The number of aromatic nitrogens is 3. The Labute approximate surface area is 125 Å². The van der Waals surface area contributed by atoms with Crippen LogP contribution in [0.1, 0.15) is 0 Å². The number of halogens is 1. The molecule has 0 unspecified atom stereocenters. The first-order chi connectivity index (χ1) is 9.79. The summed E-state index contributed by atoms with van der Waals surface area (Å²) >= 11 is 7.89. The molecule has 3 heterocycles. The lowest BCUT2D eigenvalue weighted by molar-refractivity contribution is 0.357. The van der Waals surface area contributed by atoms with Gasteiger partial charge in [0.2, 0.25) is 0 Å². The van der Waals surface area contributed by atoms with E-state index >= 15 is 0 Å². The second-order valence-corrected chi connectivity index (χ2v) is 6.53. The van der Waals surface area contributed by atoms with Crippen molar-refractivity contribution in [2.45, 2.75) is 6.54 Å². The molecule has 0 atom stereocenters. The van der Waals surface area contributed by atoms with Crippen LogP contribution in [0.3, 0.4) is 0 Å². The zero-order chi connectivity index (χ0) is 13.5. The summed E-state index contributed by atoms with van der Waals surface area (Å²) in [5.74, 6) is 0.673. The van der Waals surface area contributed by atoms with E-state index in [1.54, 1.807) is 11.3 Å². The monoisotopic (exact) mass is 304 g/mol. The van der Waals surface area contributed by atoms with Gasteiger partial charge in [0, 0.05) is 37.9 Å². The molecule has 4 nitrogen and oxygen atoms in total. The second-order valence-electron chi connectivity index (χ2n) is 5.11. The highest BCUT2D eigenvalue weighted by molar-refractivity contribution is 7.22. The van der Waals surface area contributed by atoms with Crippen LogP contribution >= 0.6 is 22.9 Å². The Bertz CT molecular complexity index is 731. The third-order valence-electron chi connectivity index (χ3n) is 3.61. The van der Waals surface area contributed by atoms with E-state index in [1.807, 2.05) is 30.9 Å². The van der Waals surface area contributed by atoms with Gasteiger partial charge in [-0.15, -0.1) is 0 Å². The first-order valence-corrected chi connectivity index (χ1v) is 7.75. The maximum Gasteiger partial charge on any atom is 0.186 e. The molecule has 1 aliphatic heterocycles. The molecule has 1 saturated heterocycles. The molecule has 1 aliphatic rings. The predicted molar refractivity (Wildman–Crippen MR) is 82.6 cm³/mol. The van der Waals surface area contributed by atoms with E-state index in [4.69, 9.17) is 11.6 Å². The Morgan fingerprint density at radius 1 is 1.35 bits per heavy atom. The van der Waals surface area contributed by atoms with E-state index in [-0.39, 0.29) is 0 Å². The summed E-state index contributed by atoms with van der Waals surface area (Å²) in [6, 6.07) is 5.95. The minimum atomic E-state index is 0.673. The van der Waals surface area contributed by atoms with E-state index in [0.717, 1.165) is 40.0 Å². The number of benzene rings is 1. The van der Waals surface area contributed by atoms with Gasteiger partial charge >= 0.3 is 0 Å². The van der Waals surface area contributed by atoms with Gasteiger partial charge in [0.15, 0.2) is 5.13 Å². The normalized spacial score (nSPS) is 15.8. The summed E-state index contributed by atoms with van der Waals surface area (Å²) in [6.45, 7) is 3.13. The Balaban J connectivity index is 1.48. The lowest BCUT2D eigenvalue weighted by Crippen LogP contribution is -2.48. The topological polar surface area (TPSA) is 34.0 Å². The highest BCUT2D eigenvalue weighted by Crippen LogP contribution is 2.35. The van der Waals surface area contributed by atoms with Crippen LogP contribution in [0.2, 0.25) is 5.02 Å². The summed E-state index contributed by atoms with van der Waals surface area (Å²) in [5, 5.41) is 1.82. The number of para-hydroxylation sites is 1. The molecule has 0 radical (unpaired) electrons. The minimum Gasteiger partial charge on any atom is -0.347 e. The van der Waals surface area contributed by atoms with Crippen LogP contribution < -0.4 is 4.90 Å². The Morgan fingerprint density at radius 2 is 2.25 bits per heavy atom. The molecule has 0 aliphatic carbocycles. The quantitative estimate of drug-likeness (QED) is 0.744. The van der Waals surface area contributed by atoms with Crippen molar-refractivity contribution in [1.82, 2.24) is 14.5 Å². The first kappa shape index (κ1) is 12.2. The van der Waals surface area contributed by atoms with Crippen LogP contribution in [0, 0.1) is 5.92 Å². The summed E-state index contributed by atoms with van der Waals surface area (Å²) < 4.78 is 3.29. The molecule has 0 saturated carbocycles. The fourth-order valence-corrected chi connectivity index (χ4v) is 3.86. The third-order valence-corrected chi connectivity index (χ3v) is 5.00. The number of anilines is 1. The van der Waals surface area contributed by atoms with E-state index in [9.17, 15) is 0 Å². The molecular weight excluding hydrogens is 292 g/mol. The van der Waals surface area contributed by atoms with Crippen LogP contribution in [0.15, 0.2) is 36.9 Å². The zero-order valence-corrected chi connectivity index (χ0v) is 12.3. The van der Waals surface area contributed by atoms with Gasteiger partial charge in [-0.1, -0.05) is 29.0 Å². The molecule has 20 heavy (non-hydrogen) atoms. The number of thiazole rings is 1. The van der Waals surface area contributed by atoms with Gasteiger partial charge in [-0.2, -0.15) is 0 Å². The van der Waals surface area contributed by atoms with Crippen molar-refractivity contribution in [3.63, 3.8) is 0 Å². The molecule has 102 valence electrons. The molecule has 1 aromatic carbocycles. The molecule has 0 bridgehead atoms. The number of nitrogens with zero attached hydrogens (tertiary/aromatic N) is 4. The number of imidazole rings is 1. The maximum absolute atomic E-state index is 6.18. The molecule has 0 N–H and O–H groups in total. The highest BCUT2D eigenvalue weighted by Gasteiger charge is 2.29. The fourth-order valence-electron chi connectivity index (χ4n) is 2.57. The molecule has 2 aromatic heterocycles. The van der Waals surface area contributed by atoms with Crippen molar-refractivity contribution >= 4 is 38.3 Å². The molecule has 0 amide bonds. The maximum atomic E-state index is 6.18. The van der Waals surface area contributed by atoms with Gasteiger partial charge in [-0.25, -0.2) is 9.97 Å². The van der Waals surface area contributed by atoms with Crippen LogP contribution in [-0.2, 0) is 6.54 Å². The van der Waals surface area contributed by atoms with Gasteiger partial charge in [0.25, 0.3) is 0 Å². The van der Waals surface area contributed by atoms with E-state index in [0.29, 0.717) is 5.92 Å². The van der Waals surface area contributed by atoms with Crippen molar-refractivity contribution in [3.05, 3.63) is 41.9 Å². The largest absolute Gasteiger partial charge is 0.347 e. The average molecular weight is 305 g/mol. The van der Waals surface area contributed by atoms with Crippen molar-refractivity contribution in [2.24, 2.45) is 5.92 Å². The van der Waals surface area contributed by atoms with Crippen molar-refractivity contribution < 1.29 is 0 Å². The Morgan fingerprint density at radius 3 is 3.00 bits per heavy atom. The molecule has 1 fully saturated rings. The molecular formula is C14H13ClN4S. The van der Waals surface area contributed by atoms with Crippen LogP contribution in [0.25, 0.3) is 10.2 Å². The van der Waals surface area contributed by atoms with Crippen molar-refractivity contribution in [1.29, 1.82) is 0 Å². The van der Waals surface area contributed by atoms with Gasteiger partial charge in [-0.3, -0.25) is 0 Å². The van der Waals surface area contributed by atoms with Crippen molar-refractivity contribution in [2.75, 3.05) is 18.0 Å². The molecule has 3 aromatic rings. The molecule has 6 heteroatoms. The number of rotatable bonds is 3. The number of fused-ring (bicyclic) bond motifs is 1. The van der Waals surface area contributed by atoms with E-state index in [1.165, 1.54) is 0 Å². The van der Waals surface area contributed by atoms with E-state index in [2.05, 4.69) is 25.5 Å². The van der Waals surface area contributed by atoms with Crippen LogP contribution in [0.5, 0.6) is 0 Å². The van der Waals surface area contributed by atoms with Crippen LogP contribution in [0.4, 0.5) is 5.13 Å². The van der Waals surface area contributed by atoms with Gasteiger partial charge in [0.05, 0.1) is 16.0 Å². The highest BCUT2D eigenvalue weighted by atomic mass is 35.5. The Hall–Kier alpha value is -1.59. The minimum absolute atomic E-state index is 0.673. The molecule has 0 spiro atoms. The number of hydrogen-bond donors (Lipinski definition) is 0. The summed E-state index contributed by atoms with van der Waals surface area (Å²) in [4.78, 5) is 11.1. The van der Waals surface area contributed by atoms with Gasteiger partial charge < -0.3 is 9.47 Å². The standard InChI is InChI=1S/C14H13ClN4S/c15-11-2-1-3-12-13(11)17-14(20-12)19-7-10(8-19)6-18-5-4-16-9-18/h1-5,9-10H,6-8H2. The molecule has 4 rings (SSSR count). The zero-order valence-electron chi connectivity index (χ0n) is 10.7. The van der Waals surface area contributed by atoms with Gasteiger partial charge in [0.1, 0.15) is 5.52 Å². The lowest BCUT2D eigenvalue weighted by atomic mass is 10.0. The summed E-state index contributed by atoms with van der Waals surface area (Å²) in [5.41, 5.74) is 0.923. The second kappa shape index (κ2) is 4.75. The summed E-state index contributed by atoms with van der Waals surface area (Å²) in [7, 11) is 0. The summed E-state index contributed by atoms with van der Waals surface area (Å²) in [6.07, 6.45) is 5.71. The average Bonchev–Trinajstić information content (AvgIpc) is 3.02. The lowest BCUT2D eigenvalue weighted by Gasteiger charge is -2.39. The first-order valence-electron chi connectivity index (χ1n) is 6.55. The predicted octanol–water partition coefficient (Wildman–Crippen LogP) is 3.28.